The van der Waals surface area contributed by atoms with Crippen molar-refractivity contribution >= 4 is 22.5 Å². The molecule has 0 atom stereocenters. The molecule has 0 saturated carbocycles. The van der Waals surface area contributed by atoms with E-state index in [0.717, 1.165) is 12.1 Å². The van der Waals surface area contributed by atoms with E-state index in [4.69, 9.17) is 5.11 Å². The first-order chi connectivity index (χ1) is 9.35. The fourth-order valence-corrected chi connectivity index (χ4v) is 2.57. The van der Waals surface area contributed by atoms with Crippen molar-refractivity contribution in [2.24, 2.45) is 5.41 Å². The Bertz CT molecular complexity index is 426. The van der Waals surface area contributed by atoms with E-state index < -0.39 is 0 Å². The van der Waals surface area contributed by atoms with Gasteiger partial charge >= 0.3 is 6.03 Å². The number of thiazole rings is 1. The molecule has 0 aliphatic heterocycles. The fraction of sp³-hybridized carbons (Fsp3) is 0.714. The van der Waals surface area contributed by atoms with E-state index >= 15 is 0 Å². The maximum absolute atomic E-state index is 12.3. The molecular formula is C14H25N3O2S. The first kappa shape index (κ1) is 16.9. The van der Waals surface area contributed by atoms with Crippen molar-refractivity contribution < 1.29 is 9.90 Å². The number of nitrogens with one attached hydrogen (secondary N) is 1. The van der Waals surface area contributed by atoms with Gasteiger partial charge in [-0.3, -0.25) is 5.32 Å². The summed E-state index contributed by atoms with van der Waals surface area (Å²) in [5.41, 5.74) is 1.01. The SMILES string of the molecule is CCc1csc(NC(=O)N(CCCO)CC(C)(C)C)n1. The van der Waals surface area contributed by atoms with Crippen molar-refractivity contribution in [2.75, 3.05) is 25.0 Å². The molecule has 0 fully saturated rings. The molecule has 0 bridgehead atoms. The molecule has 0 aliphatic carbocycles. The lowest BCUT2D eigenvalue weighted by Crippen LogP contribution is -2.41. The number of urea groups is 1. The standard InChI is InChI=1S/C14H25N3O2S/c1-5-11-9-20-12(15-11)16-13(19)17(7-6-8-18)10-14(2,3)4/h9,18H,5-8,10H2,1-4H3,(H,15,16,19). The highest BCUT2D eigenvalue weighted by molar-refractivity contribution is 7.13. The number of aryl methyl sites for hydroxylation is 1. The van der Waals surface area contributed by atoms with Crippen LogP contribution >= 0.6 is 11.3 Å². The maximum atomic E-state index is 12.3. The molecule has 5 nitrogen and oxygen atoms in total. The highest BCUT2D eigenvalue weighted by atomic mass is 32.1. The quantitative estimate of drug-likeness (QED) is 0.848. The Kier molecular flexibility index (Phi) is 6.42. The van der Waals surface area contributed by atoms with Crippen LogP contribution in [-0.2, 0) is 6.42 Å². The third-order valence-corrected chi connectivity index (χ3v) is 3.47. The summed E-state index contributed by atoms with van der Waals surface area (Å²) in [6, 6.07) is -0.148. The molecule has 1 heterocycles. The molecular weight excluding hydrogens is 274 g/mol. The van der Waals surface area contributed by atoms with Crippen molar-refractivity contribution in [3.8, 4) is 0 Å². The molecule has 0 spiro atoms. The lowest BCUT2D eigenvalue weighted by molar-refractivity contribution is 0.176. The van der Waals surface area contributed by atoms with Crippen LogP contribution in [0.3, 0.4) is 0 Å². The van der Waals surface area contributed by atoms with E-state index in [1.165, 1.54) is 11.3 Å². The first-order valence-corrected chi connectivity index (χ1v) is 7.85. The van der Waals surface area contributed by atoms with Crippen LogP contribution in [0.25, 0.3) is 0 Å². The number of anilines is 1. The van der Waals surface area contributed by atoms with Crippen LogP contribution in [0.1, 0.15) is 39.8 Å². The van der Waals surface area contributed by atoms with Crippen LogP contribution in [0.2, 0.25) is 0 Å². The summed E-state index contributed by atoms with van der Waals surface area (Å²) < 4.78 is 0. The minimum absolute atomic E-state index is 0.0181. The molecule has 1 aromatic rings. The van der Waals surface area contributed by atoms with Crippen LogP contribution in [0.5, 0.6) is 0 Å². The van der Waals surface area contributed by atoms with Gasteiger partial charge in [0.05, 0.1) is 5.69 Å². The summed E-state index contributed by atoms with van der Waals surface area (Å²) in [6.07, 6.45) is 1.45. The van der Waals surface area contributed by atoms with Crippen LogP contribution in [0, 0.1) is 5.41 Å². The van der Waals surface area contributed by atoms with Crippen LogP contribution in [-0.4, -0.2) is 40.7 Å². The third kappa shape index (κ3) is 5.88. The molecule has 0 radical (unpaired) electrons. The summed E-state index contributed by atoms with van der Waals surface area (Å²) in [5.74, 6) is 0. The first-order valence-electron chi connectivity index (χ1n) is 6.97. The predicted molar refractivity (Wildman–Crippen MR) is 83.2 cm³/mol. The summed E-state index contributed by atoms with van der Waals surface area (Å²) >= 11 is 1.44. The van der Waals surface area contributed by atoms with Gasteiger partial charge in [-0.15, -0.1) is 11.3 Å². The van der Waals surface area contributed by atoms with Gasteiger partial charge in [-0.2, -0.15) is 0 Å². The summed E-state index contributed by atoms with van der Waals surface area (Å²) in [4.78, 5) is 18.4. The fourth-order valence-electron chi connectivity index (χ4n) is 1.78. The average Bonchev–Trinajstić information content (AvgIpc) is 2.80. The largest absolute Gasteiger partial charge is 0.396 e. The lowest BCUT2D eigenvalue weighted by Gasteiger charge is -2.29. The van der Waals surface area contributed by atoms with Crippen molar-refractivity contribution in [1.29, 1.82) is 0 Å². The topological polar surface area (TPSA) is 65.5 Å². The molecule has 1 rings (SSSR count). The zero-order valence-electron chi connectivity index (χ0n) is 12.8. The normalized spacial score (nSPS) is 11.4. The summed E-state index contributed by atoms with van der Waals surface area (Å²) in [5, 5.41) is 14.4. The van der Waals surface area contributed by atoms with Gasteiger partial charge in [0.15, 0.2) is 5.13 Å². The van der Waals surface area contributed by atoms with E-state index in [9.17, 15) is 4.79 Å². The molecule has 20 heavy (non-hydrogen) atoms. The Morgan fingerprint density at radius 1 is 1.50 bits per heavy atom. The van der Waals surface area contributed by atoms with Crippen LogP contribution in [0.15, 0.2) is 5.38 Å². The number of carbonyl (C=O) groups is 1. The molecule has 0 unspecified atom stereocenters. The number of carbonyl (C=O) groups excluding carboxylic acids is 1. The van der Waals surface area contributed by atoms with E-state index in [2.05, 4.69) is 31.1 Å². The molecule has 1 aromatic heterocycles. The lowest BCUT2D eigenvalue weighted by atomic mass is 9.96. The number of nitrogens with zero attached hydrogens (tertiary/aromatic N) is 2. The number of aliphatic hydroxyl groups excluding tert-OH is 1. The summed E-state index contributed by atoms with van der Waals surface area (Å²) in [6.45, 7) is 9.58. The van der Waals surface area contributed by atoms with Gasteiger partial charge in [0.1, 0.15) is 0 Å². The number of rotatable bonds is 6. The zero-order chi connectivity index (χ0) is 15.2. The predicted octanol–water partition coefficient (Wildman–Crippen LogP) is 2.97. The number of hydrogen-bond donors (Lipinski definition) is 2. The Hall–Kier alpha value is -1.14. The van der Waals surface area contributed by atoms with Crippen molar-refractivity contribution in [3.05, 3.63) is 11.1 Å². The van der Waals surface area contributed by atoms with Gasteiger partial charge in [0.2, 0.25) is 0 Å². The highest BCUT2D eigenvalue weighted by Gasteiger charge is 2.21. The minimum atomic E-state index is -0.148. The van der Waals surface area contributed by atoms with Crippen molar-refractivity contribution in [3.63, 3.8) is 0 Å². The maximum Gasteiger partial charge on any atom is 0.323 e. The van der Waals surface area contributed by atoms with E-state index in [1.807, 2.05) is 12.3 Å². The number of aromatic nitrogens is 1. The molecule has 0 aromatic carbocycles. The molecule has 2 amide bonds. The highest BCUT2D eigenvalue weighted by Crippen LogP contribution is 2.19. The van der Waals surface area contributed by atoms with E-state index in [1.54, 1.807) is 4.90 Å². The van der Waals surface area contributed by atoms with Gasteiger partial charge in [-0.05, 0) is 18.3 Å². The third-order valence-electron chi connectivity index (χ3n) is 2.67. The minimum Gasteiger partial charge on any atom is -0.396 e. The number of amides is 2. The Balaban J connectivity index is 2.66. The van der Waals surface area contributed by atoms with Gasteiger partial charge in [0, 0.05) is 25.1 Å². The van der Waals surface area contributed by atoms with Crippen molar-refractivity contribution in [2.45, 2.75) is 40.5 Å². The molecule has 6 heteroatoms. The van der Waals surface area contributed by atoms with Crippen LogP contribution < -0.4 is 5.32 Å². The van der Waals surface area contributed by atoms with E-state index in [0.29, 0.717) is 24.6 Å². The van der Waals surface area contributed by atoms with Gasteiger partial charge < -0.3 is 10.0 Å². The molecule has 0 aliphatic rings. The van der Waals surface area contributed by atoms with Gasteiger partial charge in [0.25, 0.3) is 0 Å². The summed E-state index contributed by atoms with van der Waals surface area (Å²) in [7, 11) is 0. The molecule has 114 valence electrons. The Morgan fingerprint density at radius 2 is 2.20 bits per heavy atom. The Labute approximate surface area is 125 Å². The second-order valence-electron chi connectivity index (χ2n) is 5.99. The van der Waals surface area contributed by atoms with Gasteiger partial charge in [-0.1, -0.05) is 27.7 Å². The zero-order valence-corrected chi connectivity index (χ0v) is 13.6. The molecule has 2 N–H and O–H groups in total. The average molecular weight is 299 g/mol. The second-order valence-corrected chi connectivity index (χ2v) is 6.85. The second kappa shape index (κ2) is 7.59. The number of hydrogen-bond acceptors (Lipinski definition) is 4. The van der Waals surface area contributed by atoms with Gasteiger partial charge in [-0.25, -0.2) is 9.78 Å². The van der Waals surface area contributed by atoms with Crippen LogP contribution in [0.4, 0.5) is 9.93 Å². The van der Waals surface area contributed by atoms with Crippen molar-refractivity contribution in [1.82, 2.24) is 9.88 Å². The smallest absolute Gasteiger partial charge is 0.323 e. The number of aliphatic hydroxyl groups is 1. The van der Waals surface area contributed by atoms with E-state index in [-0.39, 0.29) is 18.1 Å². The molecule has 0 saturated heterocycles. The Morgan fingerprint density at radius 3 is 2.70 bits per heavy atom. The monoisotopic (exact) mass is 299 g/mol.